The topological polar surface area (TPSA) is 119 Å². The van der Waals surface area contributed by atoms with E-state index in [0.29, 0.717) is 53.3 Å². The second-order valence-corrected chi connectivity index (χ2v) is 7.76. The Hall–Kier alpha value is -3.61. The zero-order valence-corrected chi connectivity index (χ0v) is 18.2. The van der Waals surface area contributed by atoms with Crippen molar-refractivity contribution in [1.29, 1.82) is 0 Å². The number of nitrogen functional groups attached to an aromatic ring is 1. The molecule has 7 heteroatoms. The van der Waals surface area contributed by atoms with Crippen LogP contribution in [0.25, 0.3) is 22.5 Å². The Labute approximate surface area is 182 Å². The van der Waals surface area contributed by atoms with E-state index in [1.54, 1.807) is 6.07 Å². The molecule has 0 unspecified atom stereocenters. The monoisotopic (exact) mass is 419 g/mol. The summed E-state index contributed by atoms with van der Waals surface area (Å²) in [5.74, 6) is 1.46. The molecule has 0 saturated heterocycles. The summed E-state index contributed by atoms with van der Waals surface area (Å²) in [4.78, 5) is 23.7. The summed E-state index contributed by atoms with van der Waals surface area (Å²) in [6, 6.07) is 14.8. The van der Waals surface area contributed by atoms with Gasteiger partial charge in [0.1, 0.15) is 11.6 Å². The highest BCUT2D eigenvalue weighted by Crippen LogP contribution is 2.30. The van der Waals surface area contributed by atoms with Gasteiger partial charge in [0.25, 0.3) is 0 Å². The van der Waals surface area contributed by atoms with Gasteiger partial charge in [0, 0.05) is 28.9 Å². The van der Waals surface area contributed by atoms with Gasteiger partial charge in [0.05, 0.1) is 18.0 Å². The summed E-state index contributed by atoms with van der Waals surface area (Å²) >= 11 is 0. The van der Waals surface area contributed by atoms with Crippen LogP contribution in [0.3, 0.4) is 0 Å². The first-order chi connectivity index (χ1) is 14.9. The van der Waals surface area contributed by atoms with Gasteiger partial charge in [-0.05, 0) is 42.7 Å². The van der Waals surface area contributed by atoms with Crippen LogP contribution in [0.4, 0.5) is 5.69 Å². The standard InChI is InChI=1S/C24H29N5O2/c1-4-11-27-23(26)18-12-16(9-10-19(18)25)20-13-21(29-24(30)28-20)17-7-5-6-8-22(17)31-14-15(2)3/h5-10,12-13,15H,4,11,14,25H2,1-3H3,(H2,26,27)(H,28,29,30). The van der Waals surface area contributed by atoms with Gasteiger partial charge >= 0.3 is 5.69 Å². The van der Waals surface area contributed by atoms with Crippen LogP contribution in [0.2, 0.25) is 0 Å². The number of H-pyrrole nitrogens is 1. The first-order valence-corrected chi connectivity index (χ1v) is 10.4. The predicted molar refractivity (Wildman–Crippen MR) is 126 cm³/mol. The Morgan fingerprint density at radius 3 is 2.71 bits per heavy atom. The van der Waals surface area contributed by atoms with Crippen LogP contribution in [-0.4, -0.2) is 29.0 Å². The number of aromatic amines is 1. The van der Waals surface area contributed by atoms with Gasteiger partial charge in [-0.3, -0.25) is 4.99 Å². The van der Waals surface area contributed by atoms with Crippen molar-refractivity contribution in [3.63, 3.8) is 0 Å². The Morgan fingerprint density at radius 2 is 1.97 bits per heavy atom. The van der Waals surface area contributed by atoms with E-state index in [1.807, 2.05) is 49.4 Å². The Morgan fingerprint density at radius 1 is 1.19 bits per heavy atom. The van der Waals surface area contributed by atoms with E-state index in [1.165, 1.54) is 0 Å². The summed E-state index contributed by atoms with van der Waals surface area (Å²) in [6.07, 6.45) is 0.886. The molecule has 7 nitrogen and oxygen atoms in total. The second kappa shape index (κ2) is 9.93. The van der Waals surface area contributed by atoms with Crippen LogP contribution < -0.4 is 21.9 Å². The number of rotatable bonds is 8. The summed E-state index contributed by atoms with van der Waals surface area (Å²) in [6.45, 7) is 7.40. The van der Waals surface area contributed by atoms with Crippen LogP contribution in [-0.2, 0) is 0 Å². The fourth-order valence-electron chi connectivity index (χ4n) is 3.08. The third-order valence-electron chi connectivity index (χ3n) is 4.62. The highest BCUT2D eigenvalue weighted by molar-refractivity contribution is 6.03. The van der Waals surface area contributed by atoms with Crippen LogP contribution >= 0.6 is 0 Å². The number of ether oxygens (including phenoxy) is 1. The minimum Gasteiger partial charge on any atom is -0.493 e. The first kappa shape index (κ1) is 22.1. The lowest BCUT2D eigenvalue weighted by Gasteiger charge is -2.14. The third-order valence-corrected chi connectivity index (χ3v) is 4.62. The quantitative estimate of drug-likeness (QED) is 0.291. The molecule has 2 aromatic carbocycles. The molecule has 5 N–H and O–H groups in total. The molecule has 3 rings (SSSR count). The fraction of sp³-hybridized carbons (Fsp3) is 0.292. The van der Waals surface area contributed by atoms with E-state index in [0.717, 1.165) is 17.5 Å². The van der Waals surface area contributed by atoms with Crippen LogP contribution in [0, 0.1) is 5.92 Å². The summed E-state index contributed by atoms with van der Waals surface area (Å²) in [5.41, 5.74) is 15.6. The number of para-hydroxylation sites is 1. The fourth-order valence-corrected chi connectivity index (χ4v) is 3.08. The number of aromatic nitrogens is 2. The zero-order valence-electron chi connectivity index (χ0n) is 18.2. The van der Waals surface area contributed by atoms with Crippen molar-refractivity contribution in [3.8, 4) is 28.3 Å². The van der Waals surface area contributed by atoms with Crippen molar-refractivity contribution in [1.82, 2.24) is 9.97 Å². The number of amidine groups is 1. The lowest BCUT2D eigenvalue weighted by molar-refractivity contribution is 0.272. The molecular weight excluding hydrogens is 390 g/mol. The SMILES string of the molecule is CCCN=C(N)c1cc(-c2cc(-c3ccccc3OCC(C)C)[nH]c(=O)n2)ccc1N. The smallest absolute Gasteiger partial charge is 0.345 e. The number of benzene rings is 2. The number of nitrogens with two attached hydrogens (primary N) is 2. The molecule has 162 valence electrons. The molecule has 0 radical (unpaired) electrons. The van der Waals surface area contributed by atoms with E-state index in [-0.39, 0.29) is 0 Å². The molecule has 0 aliphatic heterocycles. The number of hydrogen-bond acceptors (Lipinski definition) is 5. The Balaban J connectivity index is 2.05. The molecule has 31 heavy (non-hydrogen) atoms. The molecule has 0 aliphatic rings. The van der Waals surface area contributed by atoms with E-state index in [4.69, 9.17) is 16.2 Å². The van der Waals surface area contributed by atoms with Crippen molar-refractivity contribution in [2.45, 2.75) is 27.2 Å². The molecule has 0 fully saturated rings. The second-order valence-electron chi connectivity index (χ2n) is 7.76. The van der Waals surface area contributed by atoms with E-state index < -0.39 is 5.69 Å². The van der Waals surface area contributed by atoms with E-state index in [9.17, 15) is 4.79 Å². The highest BCUT2D eigenvalue weighted by atomic mass is 16.5. The predicted octanol–water partition coefficient (Wildman–Crippen LogP) is 3.84. The van der Waals surface area contributed by atoms with Crippen molar-refractivity contribution >= 4 is 11.5 Å². The number of nitrogens with zero attached hydrogens (tertiary/aromatic N) is 2. The van der Waals surface area contributed by atoms with Gasteiger partial charge in [0.15, 0.2) is 0 Å². The largest absolute Gasteiger partial charge is 0.493 e. The molecule has 1 heterocycles. The maximum absolute atomic E-state index is 12.4. The van der Waals surface area contributed by atoms with Gasteiger partial charge in [-0.25, -0.2) is 4.79 Å². The van der Waals surface area contributed by atoms with Crippen LogP contribution in [0.15, 0.2) is 58.3 Å². The Kier molecular flexibility index (Phi) is 7.07. The number of hydrogen-bond donors (Lipinski definition) is 3. The zero-order chi connectivity index (χ0) is 22.4. The van der Waals surface area contributed by atoms with Crippen molar-refractivity contribution in [2.24, 2.45) is 16.6 Å². The van der Waals surface area contributed by atoms with E-state index >= 15 is 0 Å². The lowest BCUT2D eigenvalue weighted by Crippen LogP contribution is -2.17. The number of aliphatic imine (C=N–C) groups is 1. The maximum Gasteiger partial charge on any atom is 0.345 e. The number of anilines is 1. The maximum atomic E-state index is 12.4. The van der Waals surface area contributed by atoms with Gasteiger partial charge in [-0.15, -0.1) is 0 Å². The first-order valence-electron chi connectivity index (χ1n) is 10.4. The van der Waals surface area contributed by atoms with Crippen LogP contribution in [0.5, 0.6) is 5.75 Å². The van der Waals surface area contributed by atoms with Crippen molar-refractivity contribution < 1.29 is 4.74 Å². The summed E-state index contributed by atoms with van der Waals surface area (Å²) in [7, 11) is 0. The molecule has 0 bridgehead atoms. The van der Waals surface area contributed by atoms with Crippen molar-refractivity contribution in [3.05, 3.63) is 64.6 Å². The molecule has 1 aromatic heterocycles. The third kappa shape index (κ3) is 5.51. The van der Waals surface area contributed by atoms with Crippen LogP contribution in [0.1, 0.15) is 32.8 Å². The molecular formula is C24H29N5O2. The van der Waals surface area contributed by atoms with Gasteiger partial charge in [-0.2, -0.15) is 4.98 Å². The molecule has 0 spiro atoms. The number of nitrogens with one attached hydrogen (secondary N) is 1. The average Bonchev–Trinajstić information content (AvgIpc) is 2.76. The average molecular weight is 420 g/mol. The van der Waals surface area contributed by atoms with Gasteiger partial charge in [-0.1, -0.05) is 39.0 Å². The molecule has 0 saturated carbocycles. The molecule has 3 aromatic rings. The summed E-state index contributed by atoms with van der Waals surface area (Å²) in [5, 5.41) is 0. The molecule has 0 aliphatic carbocycles. The van der Waals surface area contributed by atoms with Crippen molar-refractivity contribution in [2.75, 3.05) is 18.9 Å². The highest BCUT2D eigenvalue weighted by Gasteiger charge is 2.13. The normalized spacial score (nSPS) is 11.7. The van der Waals surface area contributed by atoms with E-state index in [2.05, 4.69) is 28.8 Å². The lowest BCUT2D eigenvalue weighted by atomic mass is 10.0. The summed E-state index contributed by atoms with van der Waals surface area (Å²) < 4.78 is 5.95. The minimum atomic E-state index is -0.447. The van der Waals surface area contributed by atoms with Gasteiger partial charge in [0.2, 0.25) is 0 Å². The van der Waals surface area contributed by atoms with Gasteiger partial charge < -0.3 is 21.2 Å². The molecule has 0 atom stereocenters. The Bertz CT molecular complexity index is 1130. The minimum absolute atomic E-state index is 0.374. The molecule has 0 amide bonds.